The molecule has 0 spiro atoms. The summed E-state index contributed by atoms with van der Waals surface area (Å²) in [5.74, 6) is 0.890. The van der Waals surface area contributed by atoms with Crippen molar-refractivity contribution in [3.8, 4) is 6.07 Å². The molecule has 2 atom stereocenters. The summed E-state index contributed by atoms with van der Waals surface area (Å²) in [5.41, 5.74) is 7.86. The molecule has 0 saturated carbocycles. The molecule has 3 aromatic heterocycles. The molecule has 4 heterocycles. The number of thiophene rings is 1. The molecule has 1 fully saturated rings. The van der Waals surface area contributed by atoms with Crippen LogP contribution in [0, 0.1) is 31.1 Å². The van der Waals surface area contributed by atoms with Crippen molar-refractivity contribution in [2.24, 2.45) is 5.92 Å². The SMILES string of the molecule is Cc1cc(CCC2CN(Cc3ccc4c(c3C)C=C(C#N)C4)CC2Nc2ncnc3sc(CC(F)(F)F)cc23)ccn1. The summed E-state index contributed by atoms with van der Waals surface area (Å²) in [6.07, 6.45) is 2.60. The number of halogens is 3. The maximum Gasteiger partial charge on any atom is 0.393 e. The number of nitrogens with zero attached hydrogens (tertiary/aromatic N) is 5. The molecule has 1 aromatic carbocycles. The Morgan fingerprint density at radius 3 is 2.76 bits per heavy atom. The smallest absolute Gasteiger partial charge is 0.365 e. The number of hydrogen-bond donors (Lipinski definition) is 1. The average molecular weight is 589 g/mol. The van der Waals surface area contributed by atoms with Crippen LogP contribution in [0.1, 0.15) is 44.8 Å². The molecular weight excluding hydrogens is 557 g/mol. The van der Waals surface area contributed by atoms with E-state index in [-0.39, 0.29) is 10.9 Å². The van der Waals surface area contributed by atoms with Crippen LogP contribution in [0.5, 0.6) is 0 Å². The minimum absolute atomic E-state index is 0.0665. The molecule has 1 saturated heterocycles. The van der Waals surface area contributed by atoms with Gasteiger partial charge in [0, 0.05) is 54.4 Å². The fourth-order valence-corrected chi connectivity index (χ4v) is 7.26. The average Bonchev–Trinajstić information content (AvgIpc) is 3.65. The molecule has 6 nitrogen and oxygen atoms in total. The van der Waals surface area contributed by atoms with E-state index in [4.69, 9.17) is 0 Å². The standard InChI is InChI=1S/C32H31F3N6S/c1-19-9-21(7-8-37-19)3-4-25-16-41(15-24-6-5-23-10-22(14-36)11-27(23)20(24)2)17-29(25)40-30-28-12-26(13-32(33,34)35)42-31(28)39-18-38-30/h5-9,11-12,18,25,29H,3-4,10,13,15-17H2,1-2H3,(H,38,39,40). The van der Waals surface area contributed by atoms with E-state index in [1.807, 2.05) is 19.2 Å². The van der Waals surface area contributed by atoms with Crippen LogP contribution >= 0.6 is 11.3 Å². The van der Waals surface area contributed by atoms with Gasteiger partial charge in [-0.15, -0.1) is 11.3 Å². The van der Waals surface area contributed by atoms with Crippen molar-refractivity contribution >= 4 is 33.4 Å². The van der Waals surface area contributed by atoms with Crippen LogP contribution in [0.2, 0.25) is 0 Å². The number of nitrogens with one attached hydrogen (secondary N) is 1. The summed E-state index contributed by atoms with van der Waals surface area (Å²) < 4.78 is 39.3. The van der Waals surface area contributed by atoms with Gasteiger partial charge in [0.2, 0.25) is 0 Å². The molecule has 2 aliphatic rings. The minimum Gasteiger partial charge on any atom is -0.365 e. The highest BCUT2D eigenvalue weighted by molar-refractivity contribution is 7.18. The lowest BCUT2D eigenvalue weighted by molar-refractivity contribution is -0.126. The molecule has 0 amide bonds. The molecule has 0 radical (unpaired) electrons. The van der Waals surface area contributed by atoms with Crippen molar-refractivity contribution in [3.63, 3.8) is 0 Å². The first-order valence-electron chi connectivity index (χ1n) is 14.1. The summed E-state index contributed by atoms with van der Waals surface area (Å²) >= 11 is 1.07. The summed E-state index contributed by atoms with van der Waals surface area (Å²) in [4.78, 5) is 16.3. The van der Waals surface area contributed by atoms with E-state index in [2.05, 4.69) is 62.4 Å². The third kappa shape index (κ3) is 6.18. The number of aromatic nitrogens is 3. The molecule has 1 aliphatic heterocycles. The molecule has 4 aromatic rings. The molecule has 6 rings (SSSR count). The molecule has 216 valence electrons. The second kappa shape index (κ2) is 11.5. The number of fused-ring (bicyclic) bond motifs is 2. The van der Waals surface area contributed by atoms with Gasteiger partial charge in [-0.05, 0) is 84.7 Å². The highest BCUT2D eigenvalue weighted by Gasteiger charge is 2.34. The molecule has 0 bridgehead atoms. The van der Waals surface area contributed by atoms with Crippen LogP contribution in [0.25, 0.3) is 16.3 Å². The molecule has 1 N–H and O–H groups in total. The molecular formula is C32H31F3N6S. The van der Waals surface area contributed by atoms with Crippen molar-refractivity contribution in [2.75, 3.05) is 18.4 Å². The number of pyridine rings is 1. The summed E-state index contributed by atoms with van der Waals surface area (Å²) in [5, 5.41) is 13.6. The predicted molar refractivity (Wildman–Crippen MR) is 159 cm³/mol. The van der Waals surface area contributed by atoms with Gasteiger partial charge in [0.25, 0.3) is 0 Å². The van der Waals surface area contributed by atoms with Gasteiger partial charge < -0.3 is 5.32 Å². The summed E-state index contributed by atoms with van der Waals surface area (Å²) in [6.45, 7) is 6.57. The van der Waals surface area contributed by atoms with Crippen molar-refractivity contribution in [3.05, 3.63) is 86.8 Å². The van der Waals surface area contributed by atoms with Gasteiger partial charge in [0.15, 0.2) is 0 Å². The Hall–Kier alpha value is -3.81. The van der Waals surface area contributed by atoms with Gasteiger partial charge in [0.1, 0.15) is 17.0 Å². The van der Waals surface area contributed by atoms with Crippen LogP contribution in [0.4, 0.5) is 19.0 Å². The van der Waals surface area contributed by atoms with E-state index in [1.54, 1.807) is 6.07 Å². The summed E-state index contributed by atoms with van der Waals surface area (Å²) in [6, 6.07) is 12.4. The van der Waals surface area contributed by atoms with Crippen LogP contribution in [-0.4, -0.2) is 45.2 Å². The van der Waals surface area contributed by atoms with Crippen molar-refractivity contribution in [1.29, 1.82) is 5.26 Å². The number of allylic oxidation sites excluding steroid dienone is 1. The fraction of sp³-hybridized carbons (Fsp3) is 0.375. The van der Waals surface area contributed by atoms with Crippen molar-refractivity contribution < 1.29 is 13.2 Å². The number of anilines is 1. The first-order valence-corrected chi connectivity index (χ1v) is 14.9. The van der Waals surface area contributed by atoms with Crippen LogP contribution in [0.15, 0.2) is 48.4 Å². The lowest BCUT2D eigenvalue weighted by Crippen LogP contribution is -2.29. The first-order chi connectivity index (χ1) is 20.1. The molecule has 42 heavy (non-hydrogen) atoms. The quantitative estimate of drug-likeness (QED) is 0.244. The fourth-order valence-electron chi connectivity index (χ4n) is 6.24. The monoisotopic (exact) mass is 588 g/mol. The van der Waals surface area contributed by atoms with Gasteiger partial charge in [0.05, 0.1) is 17.9 Å². The van der Waals surface area contributed by atoms with E-state index >= 15 is 0 Å². The molecule has 10 heteroatoms. The van der Waals surface area contributed by atoms with E-state index < -0.39 is 12.6 Å². The van der Waals surface area contributed by atoms with Crippen molar-refractivity contribution in [2.45, 2.75) is 58.3 Å². The molecule has 2 unspecified atom stereocenters. The van der Waals surface area contributed by atoms with Crippen molar-refractivity contribution in [1.82, 2.24) is 19.9 Å². The number of alkyl halides is 3. The van der Waals surface area contributed by atoms with E-state index in [0.717, 1.165) is 60.6 Å². The lowest BCUT2D eigenvalue weighted by Gasteiger charge is -2.21. The zero-order chi connectivity index (χ0) is 29.4. The second-order valence-electron chi connectivity index (χ2n) is 11.4. The highest BCUT2D eigenvalue weighted by atomic mass is 32.1. The number of hydrogen-bond acceptors (Lipinski definition) is 7. The zero-order valence-corrected chi connectivity index (χ0v) is 24.3. The lowest BCUT2D eigenvalue weighted by atomic mass is 9.95. The number of rotatable bonds is 8. The maximum absolute atomic E-state index is 13.1. The number of likely N-dealkylation sites (tertiary alicyclic amines) is 1. The normalized spacial score (nSPS) is 18.7. The Kier molecular flexibility index (Phi) is 7.73. The van der Waals surface area contributed by atoms with E-state index in [1.165, 1.54) is 28.6 Å². The van der Waals surface area contributed by atoms with Crippen LogP contribution in [0.3, 0.4) is 0 Å². The Morgan fingerprint density at radius 2 is 1.98 bits per heavy atom. The third-order valence-electron chi connectivity index (χ3n) is 8.31. The van der Waals surface area contributed by atoms with E-state index in [9.17, 15) is 18.4 Å². The third-order valence-corrected chi connectivity index (χ3v) is 9.36. The molecule has 1 aliphatic carbocycles. The number of nitriles is 1. The second-order valence-corrected chi connectivity index (χ2v) is 12.5. The van der Waals surface area contributed by atoms with E-state index in [0.29, 0.717) is 28.4 Å². The summed E-state index contributed by atoms with van der Waals surface area (Å²) in [7, 11) is 0. The Morgan fingerprint density at radius 1 is 1.12 bits per heavy atom. The number of benzene rings is 1. The Labute approximate surface area is 246 Å². The Balaban J connectivity index is 1.24. The first kappa shape index (κ1) is 28.3. The van der Waals surface area contributed by atoms with Gasteiger partial charge in [-0.3, -0.25) is 9.88 Å². The van der Waals surface area contributed by atoms with Gasteiger partial charge >= 0.3 is 6.18 Å². The topological polar surface area (TPSA) is 77.7 Å². The highest BCUT2D eigenvalue weighted by Crippen LogP contribution is 2.35. The van der Waals surface area contributed by atoms with Gasteiger partial charge in [-0.1, -0.05) is 12.1 Å². The van der Waals surface area contributed by atoms with Crippen LogP contribution < -0.4 is 5.32 Å². The largest absolute Gasteiger partial charge is 0.393 e. The maximum atomic E-state index is 13.1. The predicted octanol–water partition coefficient (Wildman–Crippen LogP) is 6.82. The van der Waals surface area contributed by atoms with Gasteiger partial charge in [-0.2, -0.15) is 18.4 Å². The minimum atomic E-state index is -4.27. The van der Waals surface area contributed by atoms with Crippen LogP contribution in [-0.2, 0) is 25.8 Å². The zero-order valence-electron chi connectivity index (χ0n) is 23.5. The van der Waals surface area contributed by atoms with Gasteiger partial charge in [-0.25, -0.2) is 9.97 Å². The number of aryl methyl sites for hydroxylation is 2. The Bertz CT molecular complexity index is 1700.